The number of hydrogen-bond donors (Lipinski definition) is 2. The van der Waals surface area contributed by atoms with Crippen molar-refractivity contribution < 1.29 is 5.11 Å². The SMILES string of the molecule is CN1CCCN(C2CC3CCC[C@@H](C2)N3)c2nnc(-c3ccc(-c4cnn(C)c4)cc3O)cc21. The third-order valence-corrected chi connectivity index (χ3v) is 7.77. The van der Waals surface area contributed by atoms with Crippen LogP contribution in [0.5, 0.6) is 5.75 Å². The van der Waals surface area contributed by atoms with Crippen LogP contribution in [-0.4, -0.2) is 63.3 Å². The van der Waals surface area contributed by atoms with Gasteiger partial charge in [0.05, 0.1) is 17.6 Å². The lowest BCUT2D eigenvalue weighted by molar-refractivity contribution is 0.216. The summed E-state index contributed by atoms with van der Waals surface area (Å²) in [5, 5.41) is 28.3. The van der Waals surface area contributed by atoms with Gasteiger partial charge in [0.15, 0.2) is 5.82 Å². The third kappa shape index (κ3) is 3.90. The van der Waals surface area contributed by atoms with Crippen molar-refractivity contribution in [3.05, 3.63) is 36.7 Å². The van der Waals surface area contributed by atoms with E-state index in [-0.39, 0.29) is 5.75 Å². The molecule has 5 heterocycles. The van der Waals surface area contributed by atoms with E-state index in [2.05, 4.69) is 38.4 Å². The first-order valence-electron chi connectivity index (χ1n) is 12.5. The molecular weight excluding hydrogens is 426 g/mol. The Hall–Kier alpha value is -3.13. The second kappa shape index (κ2) is 8.58. The summed E-state index contributed by atoms with van der Waals surface area (Å²) in [5.41, 5.74) is 4.40. The van der Waals surface area contributed by atoms with E-state index >= 15 is 0 Å². The Bertz CT molecular complexity index is 1180. The fraction of sp³-hybridized carbons (Fsp3) is 0.500. The predicted molar refractivity (Wildman–Crippen MR) is 134 cm³/mol. The van der Waals surface area contributed by atoms with Crippen molar-refractivity contribution in [3.8, 4) is 28.1 Å². The van der Waals surface area contributed by atoms with Crippen molar-refractivity contribution in [2.24, 2.45) is 7.05 Å². The van der Waals surface area contributed by atoms with E-state index in [1.165, 1.54) is 32.1 Å². The number of anilines is 2. The molecule has 0 radical (unpaired) electrons. The van der Waals surface area contributed by atoms with Crippen LogP contribution in [0.15, 0.2) is 36.7 Å². The standard InChI is InChI=1S/C26H33N7O/c1-31-9-4-10-33(21-12-19-5-3-6-20(13-21)28-19)26-24(31)14-23(29-30-26)22-8-7-17(11-25(22)34)18-15-27-32(2)16-18/h7-8,11,14-16,19-21,28,34H,3-6,9-10,12-13H2,1-2H3/t19-,20?,21?/m0/s1. The minimum Gasteiger partial charge on any atom is -0.507 e. The Morgan fingerprint density at radius 1 is 0.971 bits per heavy atom. The first kappa shape index (κ1) is 21.4. The smallest absolute Gasteiger partial charge is 0.175 e. The molecule has 8 nitrogen and oxygen atoms in total. The molecule has 3 aliphatic heterocycles. The highest BCUT2D eigenvalue weighted by atomic mass is 16.3. The van der Waals surface area contributed by atoms with Crippen molar-refractivity contribution in [3.63, 3.8) is 0 Å². The maximum Gasteiger partial charge on any atom is 0.175 e. The van der Waals surface area contributed by atoms with Crippen molar-refractivity contribution in [1.82, 2.24) is 25.3 Å². The molecular formula is C26H33N7O. The van der Waals surface area contributed by atoms with E-state index < -0.39 is 0 Å². The zero-order valence-electron chi connectivity index (χ0n) is 20.0. The fourth-order valence-electron chi connectivity index (χ4n) is 6.04. The number of nitrogens with zero attached hydrogens (tertiary/aromatic N) is 6. The Labute approximate surface area is 200 Å². The summed E-state index contributed by atoms with van der Waals surface area (Å²) in [4.78, 5) is 4.81. The number of aromatic nitrogens is 4. The summed E-state index contributed by atoms with van der Waals surface area (Å²) < 4.78 is 1.76. The number of nitrogens with one attached hydrogen (secondary N) is 1. The van der Waals surface area contributed by atoms with Gasteiger partial charge in [-0.3, -0.25) is 4.68 Å². The number of piperidine rings is 2. The number of benzene rings is 1. The van der Waals surface area contributed by atoms with Crippen molar-refractivity contribution in [1.29, 1.82) is 0 Å². The third-order valence-electron chi connectivity index (χ3n) is 7.77. The lowest BCUT2D eigenvalue weighted by Gasteiger charge is -2.44. The van der Waals surface area contributed by atoms with Gasteiger partial charge in [-0.2, -0.15) is 5.10 Å². The highest BCUT2D eigenvalue weighted by molar-refractivity contribution is 5.78. The summed E-state index contributed by atoms with van der Waals surface area (Å²) >= 11 is 0. The van der Waals surface area contributed by atoms with Crippen molar-refractivity contribution >= 4 is 11.5 Å². The summed E-state index contributed by atoms with van der Waals surface area (Å²) in [7, 11) is 4.02. The summed E-state index contributed by atoms with van der Waals surface area (Å²) in [5.74, 6) is 1.19. The quantitative estimate of drug-likeness (QED) is 0.620. The van der Waals surface area contributed by atoms with E-state index in [1.54, 1.807) is 16.9 Å². The molecule has 0 saturated carbocycles. The number of fused-ring (bicyclic) bond motifs is 3. The van der Waals surface area contributed by atoms with Gasteiger partial charge in [0.1, 0.15) is 5.75 Å². The summed E-state index contributed by atoms with van der Waals surface area (Å²) in [6.07, 6.45) is 11.1. The summed E-state index contributed by atoms with van der Waals surface area (Å²) in [6.45, 7) is 2.00. The van der Waals surface area contributed by atoms with Gasteiger partial charge in [-0.1, -0.05) is 12.5 Å². The molecule has 2 saturated heterocycles. The van der Waals surface area contributed by atoms with Crippen LogP contribution in [-0.2, 0) is 7.05 Å². The van der Waals surface area contributed by atoms with Crippen LogP contribution in [0.3, 0.4) is 0 Å². The molecule has 2 unspecified atom stereocenters. The van der Waals surface area contributed by atoms with E-state index in [0.29, 0.717) is 29.4 Å². The number of phenols is 1. The average Bonchev–Trinajstić information content (AvgIpc) is 3.20. The van der Waals surface area contributed by atoms with Gasteiger partial charge in [-0.15, -0.1) is 10.2 Å². The van der Waals surface area contributed by atoms with E-state index in [4.69, 9.17) is 5.10 Å². The molecule has 0 amide bonds. The van der Waals surface area contributed by atoms with Crippen molar-refractivity contribution in [2.45, 2.75) is 56.7 Å². The second-order valence-corrected chi connectivity index (χ2v) is 10.2. The van der Waals surface area contributed by atoms with Gasteiger partial charge in [0.2, 0.25) is 0 Å². The zero-order valence-corrected chi connectivity index (χ0v) is 20.0. The predicted octanol–water partition coefficient (Wildman–Crippen LogP) is 3.57. The molecule has 3 aliphatic rings. The van der Waals surface area contributed by atoms with Gasteiger partial charge in [-0.25, -0.2) is 0 Å². The molecule has 2 bridgehead atoms. The lowest BCUT2D eigenvalue weighted by Crippen LogP contribution is -2.55. The molecule has 3 atom stereocenters. The minimum atomic E-state index is 0.204. The van der Waals surface area contributed by atoms with Gasteiger partial charge < -0.3 is 20.2 Å². The highest BCUT2D eigenvalue weighted by Crippen LogP contribution is 2.39. The van der Waals surface area contributed by atoms with Gasteiger partial charge in [0, 0.05) is 62.6 Å². The molecule has 2 aromatic heterocycles. The minimum absolute atomic E-state index is 0.204. The van der Waals surface area contributed by atoms with Gasteiger partial charge in [-0.05, 0) is 55.9 Å². The van der Waals surface area contributed by atoms with E-state index in [0.717, 1.165) is 42.1 Å². The number of aromatic hydroxyl groups is 1. The summed E-state index contributed by atoms with van der Waals surface area (Å²) in [6, 6.07) is 9.58. The number of phenolic OH excluding ortho intramolecular Hbond substituents is 1. The van der Waals surface area contributed by atoms with Crippen LogP contribution in [0.2, 0.25) is 0 Å². The normalized spacial score (nSPS) is 24.6. The Morgan fingerprint density at radius 2 is 1.79 bits per heavy atom. The maximum atomic E-state index is 10.9. The number of rotatable bonds is 3. The van der Waals surface area contributed by atoms with Crippen LogP contribution in [0.1, 0.15) is 38.5 Å². The molecule has 2 N–H and O–H groups in total. The molecule has 178 valence electrons. The Kier molecular flexibility index (Phi) is 5.40. The topological polar surface area (TPSA) is 82.3 Å². The zero-order chi connectivity index (χ0) is 23.2. The average molecular weight is 460 g/mol. The number of hydrogen-bond acceptors (Lipinski definition) is 7. The lowest BCUT2D eigenvalue weighted by atomic mass is 9.83. The molecule has 0 aliphatic carbocycles. The highest BCUT2D eigenvalue weighted by Gasteiger charge is 2.36. The largest absolute Gasteiger partial charge is 0.507 e. The molecule has 0 spiro atoms. The van der Waals surface area contributed by atoms with Crippen LogP contribution in [0.4, 0.5) is 11.5 Å². The second-order valence-electron chi connectivity index (χ2n) is 10.2. The fourth-order valence-corrected chi connectivity index (χ4v) is 6.04. The van der Waals surface area contributed by atoms with Crippen LogP contribution < -0.4 is 15.1 Å². The molecule has 6 rings (SSSR count). The molecule has 2 fully saturated rings. The Morgan fingerprint density at radius 3 is 2.53 bits per heavy atom. The molecule has 1 aromatic carbocycles. The first-order valence-corrected chi connectivity index (χ1v) is 12.5. The van der Waals surface area contributed by atoms with E-state index in [1.807, 2.05) is 25.4 Å². The van der Waals surface area contributed by atoms with E-state index in [9.17, 15) is 5.11 Å². The molecule has 8 heteroatoms. The van der Waals surface area contributed by atoms with Crippen LogP contribution in [0.25, 0.3) is 22.4 Å². The maximum absolute atomic E-state index is 10.9. The number of aryl methyl sites for hydroxylation is 1. The molecule has 3 aromatic rings. The van der Waals surface area contributed by atoms with Gasteiger partial charge >= 0.3 is 0 Å². The van der Waals surface area contributed by atoms with Gasteiger partial charge in [0.25, 0.3) is 0 Å². The van der Waals surface area contributed by atoms with Crippen LogP contribution in [0, 0.1) is 0 Å². The first-order chi connectivity index (χ1) is 16.5. The van der Waals surface area contributed by atoms with Crippen molar-refractivity contribution in [2.75, 3.05) is 29.9 Å². The Balaban J connectivity index is 1.33. The monoisotopic (exact) mass is 459 g/mol. The van der Waals surface area contributed by atoms with Crippen LogP contribution >= 0.6 is 0 Å². The molecule has 34 heavy (non-hydrogen) atoms.